The van der Waals surface area contributed by atoms with Crippen molar-refractivity contribution in [3.05, 3.63) is 42.5 Å². The van der Waals surface area contributed by atoms with Gasteiger partial charge in [-0.2, -0.15) is 0 Å². The third kappa shape index (κ3) is 3.53. The van der Waals surface area contributed by atoms with Crippen molar-refractivity contribution in [1.29, 1.82) is 0 Å². The topological polar surface area (TPSA) is 38.2 Å². The van der Waals surface area contributed by atoms with Crippen LogP contribution in [0.25, 0.3) is 0 Å². The van der Waals surface area contributed by atoms with Crippen LogP contribution in [0.3, 0.4) is 0 Å². The fourth-order valence-electron chi connectivity index (χ4n) is 2.89. The Morgan fingerprint density at radius 3 is 2.73 bits per heavy atom. The molecule has 1 heterocycles. The van der Waals surface area contributed by atoms with Crippen molar-refractivity contribution in [2.75, 3.05) is 11.9 Å². The van der Waals surface area contributed by atoms with Crippen molar-refractivity contribution in [3.8, 4) is 11.6 Å². The second kappa shape index (κ2) is 6.73. The summed E-state index contributed by atoms with van der Waals surface area (Å²) in [7, 11) is 2.06. The number of hydrogen-bond donors (Lipinski definition) is 0. The van der Waals surface area contributed by atoms with Gasteiger partial charge in [-0.25, -0.2) is 14.4 Å². The van der Waals surface area contributed by atoms with Gasteiger partial charge in [-0.15, -0.1) is 0 Å². The van der Waals surface area contributed by atoms with Gasteiger partial charge in [0.15, 0.2) is 0 Å². The lowest BCUT2D eigenvalue weighted by Crippen LogP contribution is -2.33. The molecule has 2 aromatic rings. The molecule has 0 N–H and O–H groups in total. The maximum absolute atomic E-state index is 13.2. The predicted octanol–water partition coefficient (Wildman–Crippen LogP) is 4.18. The van der Waals surface area contributed by atoms with E-state index in [4.69, 9.17) is 4.74 Å². The van der Waals surface area contributed by atoms with E-state index >= 15 is 0 Å². The highest BCUT2D eigenvalue weighted by Gasteiger charge is 2.19. The van der Waals surface area contributed by atoms with E-state index in [1.54, 1.807) is 18.2 Å². The lowest BCUT2D eigenvalue weighted by molar-refractivity contribution is 0.423. The van der Waals surface area contributed by atoms with E-state index in [9.17, 15) is 4.39 Å². The van der Waals surface area contributed by atoms with Crippen LogP contribution in [0.5, 0.6) is 11.6 Å². The van der Waals surface area contributed by atoms with Gasteiger partial charge in [0, 0.05) is 25.2 Å². The minimum Gasteiger partial charge on any atom is -0.439 e. The minimum absolute atomic E-state index is 0.328. The number of hydrogen-bond acceptors (Lipinski definition) is 4. The molecule has 0 radical (unpaired) electrons. The van der Waals surface area contributed by atoms with Gasteiger partial charge >= 0.3 is 0 Å². The number of nitrogens with zero attached hydrogens (tertiary/aromatic N) is 3. The van der Waals surface area contributed by atoms with Crippen LogP contribution in [0.2, 0.25) is 0 Å². The number of aromatic nitrogens is 2. The highest BCUT2D eigenvalue weighted by molar-refractivity contribution is 5.42. The zero-order valence-corrected chi connectivity index (χ0v) is 12.7. The molecule has 0 aliphatic heterocycles. The van der Waals surface area contributed by atoms with Crippen LogP contribution in [-0.2, 0) is 0 Å². The second-order valence-electron chi connectivity index (χ2n) is 5.68. The van der Waals surface area contributed by atoms with Crippen molar-refractivity contribution in [1.82, 2.24) is 9.97 Å². The first-order valence-corrected chi connectivity index (χ1v) is 7.71. The fraction of sp³-hybridized carbons (Fsp3) is 0.412. The highest BCUT2D eigenvalue weighted by Crippen LogP contribution is 2.27. The quantitative estimate of drug-likeness (QED) is 0.849. The van der Waals surface area contributed by atoms with Crippen molar-refractivity contribution >= 4 is 5.82 Å². The third-order valence-electron chi connectivity index (χ3n) is 4.13. The van der Waals surface area contributed by atoms with Crippen LogP contribution in [0.1, 0.15) is 32.1 Å². The maximum atomic E-state index is 13.2. The number of halogens is 1. The Balaban J connectivity index is 1.74. The molecule has 5 heteroatoms. The Morgan fingerprint density at radius 2 is 1.95 bits per heavy atom. The Hall–Kier alpha value is -2.17. The second-order valence-corrected chi connectivity index (χ2v) is 5.68. The predicted molar refractivity (Wildman–Crippen MR) is 83.8 cm³/mol. The van der Waals surface area contributed by atoms with E-state index < -0.39 is 0 Å². The molecule has 22 heavy (non-hydrogen) atoms. The van der Waals surface area contributed by atoms with Crippen molar-refractivity contribution in [2.24, 2.45) is 0 Å². The largest absolute Gasteiger partial charge is 0.439 e. The summed E-state index contributed by atoms with van der Waals surface area (Å²) in [5.41, 5.74) is 0. The number of benzene rings is 1. The summed E-state index contributed by atoms with van der Waals surface area (Å²) in [5.74, 6) is 1.38. The first-order chi connectivity index (χ1) is 10.7. The van der Waals surface area contributed by atoms with Crippen LogP contribution in [0, 0.1) is 5.82 Å². The molecule has 0 unspecified atom stereocenters. The van der Waals surface area contributed by atoms with Crippen LogP contribution in [0.4, 0.5) is 10.2 Å². The van der Waals surface area contributed by atoms with Crippen molar-refractivity contribution in [2.45, 2.75) is 38.1 Å². The zero-order valence-electron chi connectivity index (χ0n) is 12.7. The third-order valence-corrected chi connectivity index (χ3v) is 4.13. The van der Waals surface area contributed by atoms with Gasteiger partial charge in [0.05, 0.1) is 0 Å². The van der Waals surface area contributed by atoms with Crippen LogP contribution in [0.15, 0.2) is 36.7 Å². The first-order valence-electron chi connectivity index (χ1n) is 7.71. The Morgan fingerprint density at radius 1 is 1.14 bits per heavy atom. The molecule has 1 saturated carbocycles. The van der Waals surface area contributed by atoms with Gasteiger partial charge in [-0.05, 0) is 25.0 Å². The highest BCUT2D eigenvalue weighted by atomic mass is 19.1. The average molecular weight is 301 g/mol. The standard InChI is InChI=1S/C17H20FN3O/c1-21(14-7-3-2-4-8-14)16-11-17(20-12-19-16)22-15-9-5-6-13(18)10-15/h5-6,9-12,14H,2-4,7-8H2,1H3. The van der Waals surface area contributed by atoms with E-state index in [0.29, 0.717) is 17.7 Å². The van der Waals surface area contributed by atoms with Gasteiger partial charge in [-0.1, -0.05) is 25.3 Å². The SMILES string of the molecule is CN(c1cc(Oc2cccc(F)c2)ncn1)C1CCCCC1. The molecule has 0 bridgehead atoms. The van der Waals surface area contributed by atoms with Gasteiger partial charge in [0.25, 0.3) is 0 Å². The molecular weight excluding hydrogens is 281 g/mol. The van der Waals surface area contributed by atoms with Gasteiger partial charge < -0.3 is 9.64 Å². The van der Waals surface area contributed by atoms with E-state index in [2.05, 4.69) is 21.9 Å². The maximum Gasteiger partial charge on any atom is 0.224 e. The number of ether oxygens (including phenoxy) is 1. The molecule has 4 nitrogen and oxygen atoms in total. The van der Waals surface area contributed by atoms with Gasteiger partial charge in [-0.3, -0.25) is 0 Å². The Labute approximate surface area is 130 Å². The number of rotatable bonds is 4. The molecular formula is C17H20FN3O. The summed E-state index contributed by atoms with van der Waals surface area (Å²) < 4.78 is 18.8. The molecule has 0 atom stereocenters. The van der Waals surface area contributed by atoms with Gasteiger partial charge in [0.1, 0.15) is 23.7 Å². The molecule has 1 aromatic heterocycles. The molecule has 1 fully saturated rings. The Bertz CT molecular complexity index is 629. The summed E-state index contributed by atoms with van der Waals surface area (Å²) in [5, 5.41) is 0. The summed E-state index contributed by atoms with van der Waals surface area (Å²) in [6, 6.07) is 8.36. The molecule has 0 spiro atoms. The molecule has 0 amide bonds. The molecule has 0 saturated heterocycles. The molecule has 116 valence electrons. The summed E-state index contributed by atoms with van der Waals surface area (Å²) in [6.07, 6.45) is 7.74. The van der Waals surface area contributed by atoms with Crippen LogP contribution >= 0.6 is 0 Å². The fourth-order valence-corrected chi connectivity index (χ4v) is 2.89. The lowest BCUT2D eigenvalue weighted by Gasteiger charge is -2.32. The van der Waals surface area contributed by atoms with E-state index in [0.717, 1.165) is 5.82 Å². The molecule has 1 aliphatic carbocycles. The first kappa shape index (κ1) is 14.8. The number of anilines is 1. The zero-order chi connectivity index (χ0) is 15.4. The van der Waals surface area contributed by atoms with Crippen molar-refractivity contribution in [3.63, 3.8) is 0 Å². The summed E-state index contributed by atoms with van der Waals surface area (Å²) in [6.45, 7) is 0. The Kier molecular flexibility index (Phi) is 4.51. The monoisotopic (exact) mass is 301 g/mol. The molecule has 1 aliphatic rings. The van der Waals surface area contributed by atoms with Crippen LogP contribution in [-0.4, -0.2) is 23.1 Å². The molecule has 1 aromatic carbocycles. The average Bonchev–Trinajstić information content (AvgIpc) is 2.55. The molecule has 3 rings (SSSR count). The van der Waals surface area contributed by atoms with Gasteiger partial charge in [0.2, 0.25) is 5.88 Å². The van der Waals surface area contributed by atoms with E-state index in [1.807, 2.05) is 0 Å². The minimum atomic E-state index is -0.328. The van der Waals surface area contributed by atoms with Crippen LogP contribution < -0.4 is 9.64 Å². The summed E-state index contributed by atoms with van der Waals surface area (Å²) in [4.78, 5) is 10.6. The smallest absolute Gasteiger partial charge is 0.224 e. The van der Waals surface area contributed by atoms with Crippen molar-refractivity contribution < 1.29 is 9.13 Å². The lowest BCUT2D eigenvalue weighted by atomic mass is 9.94. The summed E-state index contributed by atoms with van der Waals surface area (Å²) >= 11 is 0. The van der Waals surface area contributed by atoms with E-state index in [-0.39, 0.29) is 5.82 Å². The van der Waals surface area contributed by atoms with E-state index in [1.165, 1.54) is 50.6 Å². The normalized spacial score (nSPS) is 15.5.